The molecule has 0 spiro atoms. The van der Waals surface area contributed by atoms with Crippen molar-refractivity contribution >= 4 is 22.4 Å². The SMILES string of the molecule is CCOC(=O)c1sc(N(C)CC2CCOC2)nc1C. The van der Waals surface area contributed by atoms with Gasteiger partial charge >= 0.3 is 5.97 Å². The highest BCUT2D eigenvalue weighted by molar-refractivity contribution is 7.17. The van der Waals surface area contributed by atoms with E-state index in [1.165, 1.54) is 11.3 Å². The molecule has 0 aromatic carbocycles. The molecule has 0 N–H and O–H groups in total. The largest absolute Gasteiger partial charge is 0.462 e. The van der Waals surface area contributed by atoms with Crippen molar-refractivity contribution in [3.05, 3.63) is 10.6 Å². The summed E-state index contributed by atoms with van der Waals surface area (Å²) in [5.41, 5.74) is 0.743. The van der Waals surface area contributed by atoms with Gasteiger partial charge in [0, 0.05) is 26.1 Å². The fourth-order valence-corrected chi connectivity index (χ4v) is 3.06. The zero-order chi connectivity index (χ0) is 13.8. The summed E-state index contributed by atoms with van der Waals surface area (Å²) in [6, 6.07) is 0. The lowest BCUT2D eigenvalue weighted by Gasteiger charge is -2.19. The van der Waals surface area contributed by atoms with Crippen LogP contribution in [0.15, 0.2) is 0 Å². The molecular formula is C13H20N2O3S. The van der Waals surface area contributed by atoms with Gasteiger partial charge in [0.05, 0.1) is 18.9 Å². The van der Waals surface area contributed by atoms with Crippen molar-refractivity contribution in [2.75, 3.05) is 38.3 Å². The van der Waals surface area contributed by atoms with Gasteiger partial charge in [-0.05, 0) is 20.3 Å². The van der Waals surface area contributed by atoms with Crippen LogP contribution in [-0.2, 0) is 9.47 Å². The predicted molar refractivity (Wildman–Crippen MR) is 75.0 cm³/mol. The first-order valence-electron chi connectivity index (χ1n) is 6.55. The van der Waals surface area contributed by atoms with Crippen LogP contribution in [0.25, 0.3) is 0 Å². The number of ether oxygens (including phenoxy) is 2. The molecule has 0 radical (unpaired) electrons. The highest BCUT2D eigenvalue weighted by atomic mass is 32.1. The van der Waals surface area contributed by atoms with Crippen molar-refractivity contribution in [2.24, 2.45) is 5.92 Å². The number of anilines is 1. The number of esters is 1. The van der Waals surface area contributed by atoms with E-state index in [0.717, 1.165) is 37.0 Å². The summed E-state index contributed by atoms with van der Waals surface area (Å²) >= 11 is 1.40. The molecule has 106 valence electrons. The van der Waals surface area contributed by atoms with Gasteiger partial charge in [0.2, 0.25) is 0 Å². The van der Waals surface area contributed by atoms with Crippen molar-refractivity contribution in [3.8, 4) is 0 Å². The van der Waals surface area contributed by atoms with E-state index in [-0.39, 0.29) is 5.97 Å². The Bertz CT molecular complexity index is 441. The van der Waals surface area contributed by atoms with Gasteiger partial charge in [-0.3, -0.25) is 0 Å². The molecule has 1 aliphatic heterocycles. The summed E-state index contributed by atoms with van der Waals surface area (Å²) in [7, 11) is 2.01. The van der Waals surface area contributed by atoms with Gasteiger partial charge in [-0.2, -0.15) is 0 Å². The molecule has 1 unspecified atom stereocenters. The van der Waals surface area contributed by atoms with E-state index >= 15 is 0 Å². The molecule has 0 amide bonds. The highest BCUT2D eigenvalue weighted by Crippen LogP contribution is 2.27. The maximum atomic E-state index is 11.8. The van der Waals surface area contributed by atoms with Gasteiger partial charge in [-0.1, -0.05) is 11.3 Å². The van der Waals surface area contributed by atoms with E-state index in [2.05, 4.69) is 9.88 Å². The molecule has 1 aromatic rings. The minimum absolute atomic E-state index is 0.277. The topological polar surface area (TPSA) is 51.7 Å². The molecule has 2 heterocycles. The zero-order valence-corrected chi connectivity index (χ0v) is 12.5. The molecule has 5 nitrogen and oxygen atoms in total. The summed E-state index contributed by atoms with van der Waals surface area (Å²) in [6.45, 7) is 6.62. The van der Waals surface area contributed by atoms with E-state index in [1.807, 2.05) is 14.0 Å². The van der Waals surface area contributed by atoms with Crippen LogP contribution in [-0.4, -0.2) is 44.4 Å². The second kappa shape index (κ2) is 6.34. The van der Waals surface area contributed by atoms with Gasteiger partial charge in [-0.15, -0.1) is 0 Å². The van der Waals surface area contributed by atoms with Crippen molar-refractivity contribution in [1.29, 1.82) is 0 Å². The van der Waals surface area contributed by atoms with Crippen LogP contribution in [0.5, 0.6) is 0 Å². The fourth-order valence-electron chi connectivity index (χ4n) is 2.12. The van der Waals surface area contributed by atoms with Crippen molar-refractivity contribution in [1.82, 2.24) is 4.98 Å². The Morgan fingerprint density at radius 3 is 3.05 bits per heavy atom. The number of rotatable bonds is 5. The van der Waals surface area contributed by atoms with Crippen LogP contribution in [0.1, 0.15) is 28.7 Å². The number of carbonyl (C=O) groups excluding carboxylic acids is 1. The number of hydrogen-bond donors (Lipinski definition) is 0. The molecule has 1 saturated heterocycles. The minimum Gasteiger partial charge on any atom is -0.462 e. The minimum atomic E-state index is -0.277. The lowest BCUT2D eigenvalue weighted by Crippen LogP contribution is -2.25. The summed E-state index contributed by atoms with van der Waals surface area (Å²) in [4.78, 5) is 18.9. The molecule has 0 saturated carbocycles. The van der Waals surface area contributed by atoms with Crippen LogP contribution in [0.2, 0.25) is 0 Å². The molecular weight excluding hydrogens is 264 g/mol. The smallest absolute Gasteiger partial charge is 0.350 e. The third kappa shape index (κ3) is 3.45. The van der Waals surface area contributed by atoms with Gasteiger partial charge in [0.15, 0.2) is 5.13 Å². The van der Waals surface area contributed by atoms with Crippen LogP contribution in [0.4, 0.5) is 5.13 Å². The maximum Gasteiger partial charge on any atom is 0.350 e. The van der Waals surface area contributed by atoms with Crippen LogP contribution in [0.3, 0.4) is 0 Å². The Hall–Kier alpha value is -1.14. The fraction of sp³-hybridized carbons (Fsp3) is 0.692. The first-order valence-corrected chi connectivity index (χ1v) is 7.37. The number of aromatic nitrogens is 1. The second-order valence-electron chi connectivity index (χ2n) is 4.74. The van der Waals surface area contributed by atoms with E-state index in [0.29, 0.717) is 17.4 Å². The number of carbonyl (C=O) groups is 1. The molecule has 2 rings (SSSR count). The lowest BCUT2D eigenvalue weighted by molar-refractivity contribution is 0.0531. The molecule has 6 heteroatoms. The molecule has 0 aliphatic carbocycles. The molecule has 1 aliphatic rings. The van der Waals surface area contributed by atoms with Crippen LogP contribution >= 0.6 is 11.3 Å². The lowest BCUT2D eigenvalue weighted by atomic mass is 10.1. The Balaban J connectivity index is 2.03. The predicted octanol–water partition coefficient (Wildman–Crippen LogP) is 2.10. The van der Waals surface area contributed by atoms with Crippen LogP contribution in [0, 0.1) is 12.8 Å². The molecule has 19 heavy (non-hydrogen) atoms. The number of thiazole rings is 1. The summed E-state index contributed by atoms with van der Waals surface area (Å²) < 4.78 is 10.4. The van der Waals surface area contributed by atoms with Gasteiger partial charge in [0.25, 0.3) is 0 Å². The van der Waals surface area contributed by atoms with Crippen molar-refractivity contribution < 1.29 is 14.3 Å². The Morgan fingerprint density at radius 1 is 1.63 bits per heavy atom. The Kier molecular flexibility index (Phi) is 4.76. The summed E-state index contributed by atoms with van der Waals surface area (Å²) in [6.07, 6.45) is 1.10. The highest BCUT2D eigenvalue weighted by Gasteiger charge is 2.22. The summed E-state index contributed by atoms with van der Waals surface area (Å²) in [5, 5.41) is 0.868. The van der Waals surface area contributed by atoms with Crippen LogP contribution < -0.4 is 4.90 Å². The maximum absolute atomic E-state index is 11.8. The Labute approximate surface area is 117 Å². The average molecular weight is 284 g/mol. The van der Waals surface area contributed by atoms with E-state index in [1.54, 1.807) is 6.92 Å². The molecule has 1 fully saturated rings. The van der Waals surface area contributed by atoms with Crippen molar-refractivity contribution in [2.45, 2.75) is 20.3 Å². The number of aryl methyl sites for hydroxylation is 1. The Morgan fingerprint density at radius 2 is 2.42 bits per heavy atom. The van der Waals surface area contributed by atoms with Gasteiger partial charge < -0.3 is 14.4 Å². The van der Waals surface area contributed by atoms with E-state index in [4.69, 9.17) is 9.47 Å². The third-order valence-electron chi connectivity index (χ3n) is 3.13. The number of nitrogens with zero attached hydrogens (tertiary/aromatic N) is 2. The van der Waals surface area contributed by atoms with E-state index < -0.39 is 0 Å². The quantitative estimate of drug-likeness (QED) is 0.775. The van der Waals surface area contributed by atoms with Gasteiger partial charge in [-0.25, -0.2) is 9.78 Å². The third-order valence-corrected chi connectivity index (χ3v) is 4.38. The van der Waals surface area contributed by atoms with Gasteiger partial charge in [0.1, 0.15) is 4.88 Å². The number of hydrogen-bond acceptors (Lipinski definition) is 6. The summed E-state index contributed by atoms with van der Waals surface area (Å²) in [5.74, 6) is 0.279. The zero-order valence-electron chi connectivity index (χ0n) is 11.6. The first kappa shape index (κ1) is 14.3. The molecule has 1 aromatic heterocycles. The second-order valence-corrected chi connectivity index (χ2v) is 5.72. The monoisotopic (exact) mass is 284 g/mol. The van der Waals surface area contributed by atoms with Crippen molar-refractivity contribution in [3.63, 3.8) is 0 Å². The first-order chi connectivity index (χ1) is 9.11. The normalized spacial score (nSPS) is 18.6. The average Bonchev–Trinajstić information content (AvgIpc) is 2.98. The van der Waals surface area contributed by atoms with E-state index in [9.17, 15) is 4.79 Å². The molecule has 0 bridgehead atoms. The molecule has 1 atom stereocenters. The standard InChI is InChI=1S/C13H20N2O3S/c1-4-18-12(16)11-9(2)14-13(19-11)15(3)7-10-5-6-17-8-10/h10H,4-8H2,1-3H3.